The number of nitrogens with zero attached hydrogens (tertiary/aromatic N) is 5. The van der Waals surface area contributed by atoms with Crippen molar-refractivity contribution in [2.45, 2.75) is 17.2 Å². The van der Waals surface area contributed by atoms with Gasteiger partial charge in [0.15, 0.2) is 5.03 Å². The fourth-order valence-corrected chi connectivity index (χ4v) is 1.89. The second kappa shape index (κ2) is 4.93. The Morgan fingerprint density at radius 2 is 2.28 bits per heavy atom. The van der Waals surface area contributed by atoms with Crippen LogP contribution in [0.1, 0.15) is 5.89 Å². The fourth-order valence-electron chi connectivity index (χ4n) is 1.11. The molecule has 2 aromatic rings. The predicted octanol–water partition coefficient (Wildman–Crippen LogP) is 0.513. The number of nitrogens with one attached hydrogen (secondary N) is 1. The van der Waals surface area contributed by atoms with Crippen LogP contribution in [0, 0.1) is 17.0 Å². The molecule has 0 fully saturated rings. The minimum absolute atomic E-state index is 0.0617. The highest BCUT2D eigenvalue weighted by Gasteiger charge is 2.24. The summed E-state index contributed by atoms with van der Waals surface area (Å²) in [4.78, 5) is 17.8. The van der Waals surface area contributed by atoms with Gasteiger partial charge in [-0.05, 0) is 11.8 Å². The Morgan fingerprint density at radius 1 is 1.50 bits per heavy atom. The summed E-state index contributed by atoms with van der Waals surface area (Å²) in [6.45, 7) is 1.61. The highest BCUT2D eigenvalue weighted by molar-refractivity contribution is 7.99. The molecule has 0 aliphatic heterocycles. The van der Waals surface area contributed by atoms with Gasteiger partial charge in [0, 0.05) is 6.92 Å². The summed E-state index contributed by atoms with van der Waals surface area (Å²) < 4.78 is 5.10. The van der Waals surface area contributed by atoms with Crippen LogP contribution in [-0.4, -0.2) is 25.1 Å². The first-order valence-electron chi connectivity index (χ1n) is 4.55. The van der Waals surface area contributed by atoms with Gasteiger partial charge in [0.05, 0.1) is 4.92 Å². The number of nitro groups is 1. The lowest BCUT2D eigenvalue weighted by Crippen LogP contribution is -2.12. The molecule has 0 amide bonds. The largest absolute Gasteiger partial charge is 0.416 e. The van der Waals surface area contributed by atoms with E-state index in [-0.39, 0.29) is 21.8 Å². The molecule has 11 heteroatoms. The Labute approximate surface area is 104 Å². The number of aromatic nitrogens is 4. The summed E-state index contributed by atoms with van der Waals surface area (Å²) in [5.41, 5.74) is 1.79. The molecule has 2 rings (SSSR count). The number of hydrogen-bond donors (Lipinski definition) is 2. The summed E-state index contributed by atoms with van der Waals surface area (Å²) >= 11 is 0.864. The van der Waals surface area contributed by atoms with Gasteiger partial charge < -0.3 is 9.84 Å². The van der Waals surface area contributed by atoms with E-state index in [1.807, 2.05) is 0 Å². The molecular weight excluding hydrogens is 262 g/mol. The van der Waals surface area contributed by atoms with E-state index in [1.165, 1.54) is 0 Å². The van der Waals surface area contributed by atoms with Crippen molar-refractivity contribution < 1.29 is 9.34 Å². The van der Waals surface area contributed by atoms with Gasteiger partial charge in [-0.15, -0.1) is 10.2 Å². The lowest BCUT2D eigenvalue weighted by Gasteiger charge is -2.02. The average molecular weight is 269 g/mol. The standard InChI is InChI=1S/C7H7N7O3S/c1-3-12-13-7(17-3)18-6-4(14(15)16)5(11-8)9-2-10-6/h2H,8H2,1H3,(H,9,10,11). The van der Waals surface area contributed by atoms with Crippen molar-refractivity contribution in [3.05, 3.63) is 22.3 Å². The van der Waals surface area contributed by atoms with Crippen LogP contribution < -0.4 is 11.3 Å². The van der Waals surface area contributed by atoms with Crippen LogP contribution in [0.15, 0.2) is 21.0 Å². The number of hydrogen-bond acceptors (Lipinski definition) is 10. The van der Waals surface area contributed by atoms with Crippen molar-refractivity contribution >= 4 is 23.3 Å². The second-order valence-corrected chi connectivity index (χ2v) is 3.91. The first kappa shape index (κ1) is 12.2. The average Bonchev–Trinajstić information content (AvgIpc) is 2.74. The Bertz CT molecular complexity index is 586. The Morgan fingerprint density at radius 3 is 2.83 bits per heavy atom. The molecule has 0 spiro atoms. The van der Waals surface area contributed by atoms with Gasteiger partial charge in [0.25, 0.3) is 5.22 Å². The van der Waals surface area contributed by atoms with Crippen molar-refractivity contribution in [3.8, 4) is 0 Å². The van der Waals surface area contributed by atoms with Crippen molar-refractivity contribution in [3.63, 3.8) is 0 Å². The van der Waals surface area contributed by atoms with Crippen LogP contribution in [0.3, 0.4) is 0 Å². The molecule has 0 atom stereocenters. The van der Waals surface area contributed by atoms with Crippen LogP contribution in [0.25, 0.3) is 0 Å². The molecule has 2 heterocycles. The number of hydrazine groups is 1. The molecule has 10 nitrogen and oxygen atoms in total. The molecule has 0 aliphatic rings. The zero-order chi connectivity index (χ0) is 13.1. The predicted molar refractivity (Wildman–Crippen MR) is 59.7 cm³/mol. The quantitative estimate of drug-likeness (QED) is 0.348. The first-order valence-corrected chi connectivity index (χ1v) is 5.37. The van der Waals surface area contributed by atoms with E-state index in [1.54, 1.807) is 6.92 Å². The third-order valence-electron chi connectivity index (χ3n) is 1.80. The normalized spacial score (nSPS) is 10.3. The van der Waals surface area contributed by atoms with E-state index in [9.17, 15) is 10.1 Å². The first-order chi connectivity index (χ1) is 8.61. The maximum Gasteiger partial charge on any atom is 0.345 e. The molecule has 2 aromatic heterocycles. The molecule has 0 aliphatic carbocycles. The second-order valence-electron chi connectivity index (χ2n) is 2.97. The van der Waals surface area contributed by atoms with Crippen LogP contribution in [0.5, 0.6) is 0 Å². The third kappa shape index (κ3) is 2.36. The highest BCUT2D eigenvalue weighted by Crippen LogP contribution is 2.35. The van der Waals surface area contributed by atoms with Gasteiger partial charge in [-0.1, -0.05) is 0 Å². The minimum atomic E-state index is -0.638. The SMILES string of the molecule is Cc1nnc(Sc2ncnc(NN)c2[N+](=O)[O-])o1. The molecule has 18 heavy (non-hydrogen) atoms. The maximum atomic E-state index is 10.9. The molecule has 0 saturated carbocycles. The molecule has 0 unspecified atom stereocenters. The molecule has 0 bridgehead atoms. The van der Waals surface area contributed by atoms with Crippen molar-refractivity contribution in [2.75, 3.05) is 5.43 Å². The molecule has 0 radical (unpaired) electrons. The van der Waals surface area contributed by atoms with Crippen molar-refractivity contribution in [2.24, 2.45) is 5.84 Å². The van der Waals surface area contributed by atoms with E-state index in [0.29, 0.717) is 5.89 Å². The zero-order valence-corrected chi connectivity index (χ0v) is 9.84. The van der Waals surface area contributed by atoms with Crippen LogP contribution in [0.4, 0.5) is 11.5 Å². The number of anilines is 1. The molecule has 3 N–H and O–H groups in total. The number of rotatable bonds is 4. The smallest absolute Gasteiger partial charge is 0.345 e. The molecular formula is C7H7N7O3S. The lowest BCUT2D eigenvalue weighted by atomic mass is 10.5. The number of aryl methyl sites for hydroxylation is 1. The van der Waals surface area contributed by atoms with Gasteiger partial charge in [0.2, 0.25) is 11.7 Å². The lowest BCUT2D eigenvalue weighted by molar-refractivity contribution is -0.387. The van der Waals surface area contributed by atoms with E-state index in [2.05, 4.69) is 25.6 Å². The van der Waals surface area contributed by atoms with Crippen LogP contribution in [-0.2, 0) is 0 Å². The summed E-state index contributed by atoms with van der Waals surface area (Å²) in [6.07, 6.45) is 1.15. The van der Waals surface area contributed by atoms with E-state index < -0.39 is 4.92 Å². The van der Waals surface area contributed by atoms with Gasteiger partial charge in [-0.25, -0.2) is 15.8 Å². The van der Waals surface area contributed by atoms with Gasteiger partial charge in [-0.3, -0.25) is 10.1 Å². The highest BCUT2D eigenvalue weighted by atomic mass is 32.2. The van der Waals surface area contributed by atoms with Gasteiger partial charge in [0.1, 0.15) is 6.33 Å². The summed E-state index contributed by atoms with van der Waals surface area (Å²) in [5.74, 6) is 5.41. The molecule has 0 saturated heterocycles. The Balaban J connectivity index is 2.41. The Kier molecular flexibility index (Phi) is 3.34. The Hall–Kier alpha value is -2.27. The summed E-state index contributed by atoms with van der Waals surface area (Å²) in [7, 11) is 0. The fraction of sp³-hybridized carbons (Fsp3) is 0.143. The van der Waals surface area contributed by atoms with E-state index >= 15 is 0 Å². The molecule has 94 valence electrons. The molecule has 0 aromatic carbocycles. The van der Waals surface area contributed by atoms with Crippen molar-refractivity contribution in [1.82, 2.24) is 20.2 Å². The van der Waals surface area contributed by atoms with Crippen LogP contribution in [0.2, 0.25) is 0 Å². The van der Waals surface area contributed by atoms with Gasteiger partial charge >= 0.3 is 5.69 Å². The monoisotopic (exact) mass is 269 g/mol. The summed E-state index contributed by atoms with van der Waals surface area (Å²) in [6, 6.07) is 0. The summed E-state index contributed by atoms with van der Waals surface area (Å²) in [5, 5.41) is 18.5. The van der Waals surface area contributed by atoms with E-state index in [0.717, 1.165) is 18.1 Å². The minimum Gasteiger partial charge on any atom is -0.416 e. The third-order valence-corrected chi connectivity index (χ3v) is 2.63. The van der Waals surface area contributed by atoms with Crippen LogP contribution >= 0.6 is 11.8 Å². The van der Waals surface area contributed by atoms with Gasteiger partial charge in [-0.2, -0.15) is 0 Å². The maximum absolute atomic E-state index is 10.9. The topological polar surface area (TPSA) is 146 Å². The number of nitrogen functional groups attached to an aromatic ring is 1. The van der Waals surface area contributed by atoms with E-state index in [4.69, 9.17) is 10.3 Å². The zero-order valence-electron chi connectivity index (χ0n) is 9.02. The number of nitrogens with two attached hydrogens (primary N) is 1. The van der Waals surface area contributed by atoms with Crippen molar-refractivity contribution in [1.29, 1.82) is 0 Å².